The van der Waals surface area contributed by atoms with Crippen LogP contribution in [0.4, 0.5) is 0 Å². The largest absolute Gasteiger partial charge is 0.517 e. The molecule has 0 aliphatic heterocycles. The first-order valence-electron chi connectivity index (χ1n) is 5.94. The Labute approximate surface area is 100 Å². The second-order valence-electron chi connectivity index (χ2n) is 6.01. The highest BCUT2D eigenvalue weighted by atomic mass is 28.4. The fraction of sp³-hybridized carbons (Fsp3) is 0.917. The molecule has 0 spiro atoms. The Morgan fingerprint density at radius 3 is 2.12 bits per heavy atom. The van der Waals surface area contributed by atoms with Crippen LogP contribution in [0, 0.1) is 5.92 Å². The van der Waals surface area contributed by atoms with Gasteiger partial charge in [0.1, 0.15) is 0 Å². The number of aliphatic hydroxyl groups is 1. The number of carbonyl (C=O) groups is 1. The van der Waals surface area contributed by atoms with Gasteiger partial charge in [-0.25, -0.2) is 0 Å². The maximum absolute atomic E-state index is 11.8. The number of hydrogen-bond donors (Lipinski definition) is 1. The fourth-order valence-corrected chi connectivity index (χ4v) is 1.85. The molecule has 0 aromatic rings. The summed E-state index contributed by atoms with van der Waals surface area (Å²) in [5.41, 5.74) is 0. The normalized spacial score (nSPS) is 16.8. The van der Waals surface area contributed by atoms with Gasteiger partial charge in [0.15, 0.2) is 6.10 Å². The first kappa shape index (κ1) is 15.6. The molecular formula is C12H26O3Si. The third kappa shape index (κ3) is 3.90. The van der Waals surface area contributed by atoms with Gasteiger partial charge in [0, 0.05) is 0 Å². The minimum absolute atomic E-state index is 0.0160. The van der Waals surface area contributed by atoms with Crippen LogP contribution in [0.25, 0.3) is 0 Å². The molecule has 96 valence electrons. The molecule has 0 saturated carbocycles. The van der Waals surface area contributed by atoms with Crippen LogP contribution < -0.4 is 0 Å². The summed E-state index contributed by atoms with van der Waals surface area (Å²) in [6.07, 6.45) is -0.215. The van der Waals surface area contributed by atoms with Crippen LogP contribution >= 0.6 is 0 Å². The Bertz CT molecular complexity index is 243. The molecule has 1 N–H and O–H groups in total. The van der Waals surface area contributed by atoms with E-state index in [1.54, 1.807) is 0 Å². The third-order valence-corrected chi connectivity index (χ3v) is 7.91. The summed E-state index contributed by atoms with van der Waals surface area (Å²) in [4.78, 5) is 11.8. The Morgan fingerprint density at radius 1 is 1.38 bits per heavy atom. The minimum atomic E-state index is -2.10. The summed E-state index contributed by atoms with van der Waals surface area (Å²) < 4.78 is 5.54. The van der Waals surface area contributed by atoms with Crippen molar-refractivity contribution >= 4 is 14.3 Å². The van der Waals surface area contributed by atoms with E-state index in [1.807, 2.05) is 26.9 Å². The smallest absolute Gasteiger partial charge is 0.321 e. The Morgan fingerprint density at radius 2 is 1.81 bits per heavy atom. The van der Waals surface area contributed by atoms with Gasteiger partial charge in [0.2, 0.25) is 0 Å². The quantitative estimate of drug-likeness (QED) is 0.776. The molecule has 0 fully saturated rings. The summed E-state index contributed by atoms with van der Waals surface area (Å²) in [7, 11) is -2.10. The van der Waals surface area contributed by atoms with Crippen LogP contribution in [-0.2, 0) is 9.22 Å². The summed E-state index contributed by atoms with van der Waals surface area (Å²) in [6, 6.07) is 0. The lowest BCUT2D eigenvalue weighted by Gasteiger charge is -2.36. The van der Waals surface area contributed by atoms with Gasteiger partial charge < -0.3 is 9.53 Å². The highest BCUT2D eigenvalue weighted by Gasteiger charge is 2.41. The molecule has 0 saturated heterocycles. The van der Waals surface area contributed by atoms with Gasteiger partial charge in [-0.2, -0.15) is 0 Å². The van der Waals surface area contributed by atoms with Crippen LogP contribution in [0.15, 0.2) is 0 Å². The van der Waals surface area contributed by atoms with Crippen molar-refractivity contribution in [2.45, 2.75) is 65.3 Å². The molecular weight excluding hydrogens is 220 g/mol. The van der Waals surface area contributed by atoms with Crippen LogP contribution in [0.3, 0.4) is 0 Å². The average Bonchev–Trinajstić information content (AvgIpc) is 2.12. The highest BCUT2D eigenvalue weighted by Crippen LogP contribution is 2.36. The summed E-state index contributed by atoms with van der Waals surface area (Å²) in [6.45, 7) is 14.0. The molecule has 0 radical (unpaired) electrons. The molecule has 0 aromatic heterocycles. The zero-order valence-electron chi connectivity index (χ0n) is 11.6. The van der Waals surface area contributed by atoms with Crippen molar-refractivity contribution in [3.63, 3.8) is 0 Å². The molecule has 16 heavy (non-hydrogen) atoms. The van der Waals surface area contributed by atoms with E-state index in [4.69, 9.17) is 4.43 Å². The van der Waals surface area contributed by atoms with E-state index in [1.165, 1.54) is 0 Å². The standard InChI is InChI=1S/C12H26O3Si/c1-8-9(2)10(13)11(14)15-16(6,7)12(3,4)5/h9-10,13H,8H2,1-7H3. The summed E-state index contributed by atoms with van der Waals surface area (Å²) in [5.74, 6) is -0.502. The monoisotopic (exact) mass is 246 g/mol. The second kappa shape index (κ2) is 5.32. The number of hydrogen-bond acceptors (Lipinski definition) is 3. The molecule has 0 rings (SSSR count). The number of rotatable bonds is 4. The Balaban J connectivity index is 4.57. The molecule has 0 aliphatic carbocycles. The second-order valence-corrected chi connectivity index (χ2v) is 10.7. The maximum atomic E-state index is 11.8. The molecule has 3 nitrogen and oxygen atoms in total. The molecule has 0 bridgehead atoms. The molecule has 2 atom stereocenters. The van der Waals surface area contributed by atoms with Gasteiger partial charge in [-0.1, -0.05) is 41.0 Å². The lowest BCUT2D eigenvalue weighted by Crippen LogP contribution is -2.46. The van der Waals surface area contributed by atoms with Gasteiger partial charge in [-0.05, 0) is 24.1 Å². The lowest BCUT2D eigenvalue weighted by molar-refractivity contribution is -0.147. The van der Waals surface area contributed by atoms with Crippen molar-refractivity contribution in [1.82, 2.24) is 0 Å². The molecule has 0 aromatic carbocycles. The lowest BCUT2D eigenvalue weighted by atomic mass is 10.0. The predicted octanol–water partition coefficient (Wildman–Crippen LogP) is 2.94. The molecule has 0 amide bonds. The van der Waals surface area contributed by atoms with Gasteiger partial charge in [0.25, 0.3) is 8.32 Å². The van der Waals surface area contributed by atoms with Crippen molar-refractivity contribution in [2.75, 3.05) is 0 Å². The van der Waals surface area contributed by atoms with Crippen molar-refractivity contribution in [2.24, 2.45) is 5.92 Å². The van der Waals surface area contributed by atoms with Gasteiger partial charge in [-0.15, -0.1) is 0 Å². The first-order chi connectivity index (χ1) is 7.03. The number of aliphatic hydroxyl groups excluding tert-OH is 1. The minimum Gasteiger partial charge on any atom is -0.517 e. The average molecular weight is 246 g/mol. The van der Waals surface area contributed by atoms with E-state index in [9.17, 15) is 9.90 Å². The zero-order chi connectivity index (χ0) is 13.1. The van der Waals surface area contributed by atoms with Crippen molar-refractivity contribution in [3.05, 3.63) is 0 Å². The first-order valence-corrected chi connectivity index (χ1v) is 8.84. The van der Waals surface area contributed by atoms with Crippen molar-refractivity contribution in [1.29, 1.82) is 0 Å². The van der Waals surface area contributed by atoms with E-state index < -0.39 is 20.4 Å². The van der Waals surface area contributed by atoms with Gasteiger partial charge >= 0.3 is 5.97 Å². The van der Waals surface area contributed by atoms with Crippen LogP contribution in [-0.4, -0.2) is 25.5 Å². The van der Waals surface area contributed by atoms with E-state index in [-0.39, 0.29) is 11.0 Å². The summed E-state index contributed by atoms with van der Waals surface area (Å²) in [5, 5.41) is 9.75. The van der Waals surface area contributed by atoms with Crippen LogP contribution in [0.2, 0.25) is 18.1 Å². The van der Waals surface area contributed by atoms with E-state index >= 15 is 0 Å². The van der Waals surface area contributed by atoms with Gasteiger partial charge in [0.05, 0.1) is 0 Å². The number of carbonyl (C=O) groups excluding carboxylic acids is 1. The van der Waals surface area contributed by atoms with Crippen molar-refractivity contribution < 1.29 is 14.3 Å². The van der Waals surface area contributed by atoms with Gasteiger partial charge in [-0.3, -0.25) is 4.79 Å². The van der Waals surface area contributed by atoms with E-state index in [2.05, 4.69) is 20.8 Å². The predicted molar refractivity (Wildman–Crippen MR) is 68.8 cm³/mol. The molecule has 0 aliphatic rings. The zero-order valence-corrected chi connectivity index (χ0v) is 12.6. The van der Waals surface area contributed by atoms with Crippen LogP contribution in [0.5, 0.6) is 0 Å². The molecule has 4 heteroatoms. The molecule has 0 heterocycles. The molecule has 2 unspecified atom stereocenters. The summed E-state index contributed by atoms with van der Waals surface area (Å²) >= 11 is 0. The Hall–Kier alpha value is -0.353. The maximum Gasteiger partial charge on any atom is 0.321 e. The highest BCUT2D eigenvalue weighted by molar-refractivity contribution is 6.75. The Kier molecular flexibility index (Phi) is 5.20. The fourth-order valence-electron chi connectivity index (χ4n) is 0.921. The third-order valence-electron chi connectivity index (χ3n) is 3.59. The van der Waals surface area contributed by atoms with E-state index in [0.717, 1.165) is 6.42 Å². The van der Waals surface area contributed by atoms with Crippen molar-refractivity contribution in [3.8, 4) is 0 Å². The van der Waals surface area contributed by atoms with E-state index in [0.29, 0.717) is 0 Å². The SMILES string of the molecule is CCC(C)C(O)C(=O)O[Si](C)(C)C(C)(C)C. The van der Waals surface area contributed by atoms with Crippen LogP contribution in [0.1, 0.15) is 41.0 Å². The topological polar surface area (TPSA) is 46.5 Å².